The van der Waals surface area contributed by atoms with Crippen molar-refractivity contribution in [3.05, 3.63) is 10.6 Å². The lowest BCUT2D eigenvalue weighted by Gasteiger charge is -2.12. The third-order valence-electron chi connectivity index (χ3n) is 1.59. The predicted octanol–water partition coefficient (Wildman–Crippen LogP) is 0.912. The number of rotatable bonds is 0. The number of ether oxygens (including phenoxy) is 1. The molecule has 2 nitrogen and oxygen atoms in total. The summed E-state index contributed by atoms with van der Waals surface area (Å²) >= 11 is 1.91. The zero-order valence-corrected chi connectivity index (χ0v) is 5.96. The highest BCUT2D eigenvalue weighted by Crippen LogP contribution is 2.29. The van der Waals surface area contributed by atoms with Gasteiger partial charge in [-0.1, -0.05) is 0 Å². The Morgan fingerprint density at radius 2 is 2.56 bits per heavy atom. The molecule has 0 amide bonds. The summed E-state index contributed by atoms with van der Waals surface area (Å²) in [4.78, 5) is 1.52. The van der Waals surface area contributed by atoms with Crippen molar-refractivity contribution < 1.29 is 4.74 Å². The van der Waals surface area contributed by atoms with Crippen molar-refractivity contribution in [3.63, 3.8) is 0 Å². The van der Waals surface area contributed by atoms with E-state index in [0.29, 0.717) is 0 Å². The lowest BCUT2D eigenvalue weighted by molar-refractivity contribution is 0.146. The van der Waals surface area contributed by atoms with Gasteiger partial charge in [0.1, 0.15) is 0 Å². The Kier molecular flexibility index (Phi) is 1.39. The Hall–Kier alpha value is -0.150. The minimum Gasteiger partial charge on any atom is -0.376 e. The van der Waals surface area contributed by atoms with Gasteiger partial charge in [0.05, 0.1) is 19.1 Å². The summed E-state index contributed by atoms with van der Waals surface area (Å²) in [5, 5.41) is 3.28. The van der Waals surface area contributed by atoms with Gasteiger partial charge in [-0.2, -0.15) is 0 Å². The van der Waals surface area contributed by atoms with Crippen LogP contribution < -0.4 is 5.32 Å². The summed E-state index contributed by atoms with van der Waals surface area (Å²) in [5.74, 6) is 1.05. The van der Waals surface area contributed by atoms with Crippen LogP contribution in [0, 0.1) is 0 Å². The first-order chi connectivity index (χ1) is 4.47. The molecule has 3 heteroatoms. The second-order valence-corrected chi connectivity index (χ2v) is 3.24. The highest BCUT2D eigenvalue weighted by atomic mass is 32.2. The van der Waals surface area contributed by atoms with Gasteiger partial charge in [-0.05, 0) is 0 Å². The molecule has 0 radical (unpaired) electrons. The highest BCUT2D eigenvalue weighted by molar-refractivity contribution is 8.03. The molecule has 0 unspecified atom stereocenters. The zero-order chi connectivity index (χ0) is 6.10. The Balaban J connectivity index is 2.17. The average molecular weight is 143 g/mol. The van der Waals surface area contributed by atoms with Gasteiger partial charge in [0, 0.05) is 17.0 Å². The molecule has 2 rings (SSSR count). The van der Waals surface area contributed by atoms with E-state index >= 15 is 0 Å². The van der Waals surface area contributed by atoms with Crippen LogP contribution in [0.2, 0.25) is 0 Å². The summed E-state index contributed by atoms with van der Waals surface area (Å²) in [6.45, 7) is 1.72. The number of nitrogens with one attached hydrogen (secondary N) is 1. The quantitative estimate of drug-likeness (QED) is 0.544. The highest BCUT2D eigenvalue weighted by Gasteiger charge is 2.17. The van der Waals surface area contributed by atoms with E-state index in [1.54, 1.807) is 0 Å². The van der Waals surface area contributed by atoms with E-state index in [4.69, 9.17) is 4.74 Å². The van der Waals surface area contributed by atoms with Crippen molar-refractivity contribution >= 4 is 11.8 Å². The standard InChI is InChI=1S/C6H9NOS/c1-2-8-3-5-6(1)9-4-7-5/h7H,1-4H2. The maximum atomic E-state index is 5.25. The molecule has 0 fully saturated rings. The second-order valence-electron chi connectivity index (χ2n) is 2.17. The first-order valence-corrected chi connectivity index (χ1v) is 4.12. The molecule has 9 heavy (non-hydrogen) atoms. The lowest BCUT2D eigenvalue weighted by atomic mass is 10.3. The molecule has 0 aromatic heterocycles. The molecule has 2 aliphatic heterocycles. The van der Waals surface area contributed by atoms with E-state index in [-0.39, 0.29) is 0 Å². The molecule has 0 saturated carbocycles. The summed E-state index contributed by atoms with van der Waals surface area (Å²) in [5.41, 5.74) is 1.33. The summed E-state index contributed by atoms with van der Waals surface area (Å²) < 4.78 is 5.25. The van der Waals surface area contributed by atoms with Gasteiger partial charge in [0.25, 0.3) is 0 Å². The van der Waals surface area contributed by atoms with Crippen molar-refractivity contribution in [1.29, 1.82) is 0 Å². The second kappa shape index (κ2) is 2.23. The van der Waals surface area contributed by atoms with Gasteiger partial charge in [-0.25, -0.2) is 0 Å². The molecule has 50 valence electrons. The number of hydrogen-bond acceptors (Lipinski definition) is 3. The van der Waals surface area contributed by atoms with E-state index in [1.165, 1.54) is 10.6 Å². The van der Waals surface area contributed by atoms with Gasteiger partial charge in [0.2, 0.25) is 0 Å². The molecule has 0 spiro atoms. The zero-order valence-electron chi connectivity index (χ0n) is 5.14. The van der Waals surface area contributed by atoms with E-state index in [0.717, 1.165) is 25.5 Å². The van der Waals surface area contributed by atoms with E-state index in [2.05, 4.69) is 5.32 Å². The summed E-state index contributed by atoms with van der Waals surface area (Å²) in [6, 6.07) is 0. The van der Waals surface area contributed by atoms with Crippen LogP contribution in [0.5, 0.6) is 0 Å². The molecule has 0 aliphatic carbocycles. The van der Waals surface area contributed by atoms with Crippen molar-refractivity contribution in [2.75, 3.05) is 19.1 Å². The molecule has 0 bridgehead atoms. The molecular formula is C6H9NOS. The van der Waals surface area contributed by atoms with Crippen molar-refractivity contribution in [2.45, 2.75) is 6.42 Å². The minimum absolute atomic E-state index is 0.808. The number of hydrogen-bond donors (Lipinski definition) is 1. The monoisotopic (exact) mass is 143 g/mol. The molecule has 0 saturated heterocycles. The van der Waals surface area contributed by atoms with E-state index in [9.17, 15) is 0 Å². The van der Waals surface area contributed by atoms with Crippen LogP contribution in [0.15, 0.2) is 10.6 Å². The van der Waals surface area contributed by atoms with Crippen molar-refractivity contribution in [2.24, 2.45) is 0 Å². The summed E-state index contributed by atoms with van der Waals surface area (Å²) in [6.07, 6.45) is 1.12. The maximum Gasteiger partial charge on any atom is 0.0870 e. The minimum atomic E-state index is 0.808. The van der Waals surface area contributed by atoms with Crippen molar-refractivity contribution in [1.82, 2.24) is 5.32 Å². The Labute approximate surface area is 58.6 Å². The largest absolute Gasteiger partial charge is 0.376 e. The van der Waals surface area contributed by atoms with Gasteiger partial charge in [-0.3, -0.25) is 0 Å². The fourth-order valence-electron chi connectivity index (χ4n) is 1.09. The SMILES string of the molecule is C1CC2=C(CO1)NCS2. The normalized spacial score (nSPS) is 25.8. The van der Waals surface area contributed by atoms with Crippen LogP contribution in [-0.4, -0.2) is 19.1 Å². The predicted molar refractivity (Wildman–Crippen MR) is 38.1 cm³/mol. The van der Waals surface area contributed by atoms with Crippen LogP contribution in [0.25, 0.3) is 0 Å². The molecular weight excluding hydrogens is 134 g/mol. The van der Waals surface area contributed by atoms with E-state index in [1.807, 2.05) is 11.8 Å². The van der Waals surface area contributed by atoms with Crippen molar-refractivity contribution in [3.8, 4) is 0 Å². The molecule has 2 heterocycles. The molecule has 0 aromatic rings. The van der Waals surface area contributed by atoms with E-state index < -0.39 is 0 Å². The lowest BCUT2D eigenvalue weighted by Crippen LogP contribution is -2.16. The first kappa shape index (κ1) is 5.62. The van der Waals surface area contributed by atoms with Crippen LogP contribution in [-0.2, 0) is 4.74 Å². The van der Waals surface area contributed by atoms with Crippen LogP contribution >= 0.6 is 11.8 Å². The fourth-order valence-corrected chi connectivity index (χ4v) is 2.04. The van der Waals surface area contributed by atoms with Gasteiger partial charge in [-0.15, -0.1) is 11.8 Å². The van der Waals surface area contributed by atoms with Gasteiger partial charge in [0.15, 0.2) is 0 Å². The Morgan fingerprint density at radius 1 is 1.56 bits per heavy atom. The van der Waals surface area contributed by atoms with Crippen LogP contribution in [0.1, 0.15) is 6.42 Å². The molecule has 0 atom stereocenters. The topological polar surface area (TPSA) is 21.3 Å². The van der Waals surface area contributed by atoms with Crippen LogP contribution in [0.3, 0.4) is 0 Å². The smallest absolute Gasteiger partial charge is 0.0870 e. The summed E-state index contributed by atoms with van der Waals surface area (Å²) in [7, 11) is 0. The fraction of sp³-hybridized carbons (Fsp3) is 0.667. The average Bonchev–Trinajstić information content (AvgIpc) is 2.33. The molecule has 0 aromatic carbocycles. The first-order valence-electron chi connectivity index (χ1n) is 3.13. The molecule has 1 N–H and O–H groups in total. The van der Waals surface area contributed by atoms with Crippen LogP contribution in [0.4, 0.5) is 0 Å². The van der Waals surface area contributed by atoms with Gasteiger partial charge < -0.3 is 10.1 Å². The number of thioether (sulfide) groups is 1. The Bertz CT molecular complexity index is 139. The maximum absolute atomic E-state index is 5.25. The third kappa shape index (κ3) is 0.946. The molecule has 2 aliphatic rings. The Morgan fingerprint density at radius 3 is 3.44 bits per heavy atom. The van der Waals surface area contributed by atoms with Gasteiger partial charge >= 0.3 is 0 Å². The third-order valence-corrected chi connectivity index (χ3v) is 2.68.